The molecule has 6 rings (SSSR count). The zero-order valence-electron chi connectivity index (χ0n) is 21.8. The van der Waals surface area contributed by atoms with E-state index in [1.54, 1.807) is 24.3 Å². The maximum absolute atomic E-state index is 13.9. The highest BCUT2D eigenvalue weighted by Gasteiger charge is 2.57. The number of imide groups is 1. The van der Waals surface area contributed by atoms with Gasteiger partial charge in [0.05, 0.1) is 22.2 Å². The summed E-state index contributed by atoms with van der Waals surface area (Å²) in [4.78, 5) is 58.5. The Morgan fingerprint density at radius 3 is 2.43 bits per heavy atom. The molecule has 2 unspecified atom stereocenters. The molecule has 42 heavy (non-hydrogen) atoms. The van der Waals surface area contributed by atoms with E-state index in [2.05, 4.69) is 10.3 Å². The van der Waals surface area contributed by atoms with E-state index in [9.17, 15) is 32.3 Å². The molecule has 1 saturated heterocycles. The first kappa shape index (κ1) is 27.9. The van der Waals surface area contributed by atoms with Crippen LogP contribution in [0.25, 0.3) is 0 Å². The van der Waals surface area contributed by atoms with Crippen molar-refractivity contribution in [3.63, 3.8) is 0 Å². The van der Waals surface area contributed by atoms with Crippen molar-refractivity contribution in [1.82, 2.24) is 9.55 Å². The van der Waals surface area contributed by atoms with Crippen LogP contribution in [-0.2, 0) is 27.1 Å². The van der Waals surface area contributed by atoms with Gasteiger partial charge in [-0.05, 0) is 42.8 Å². The molecule has 2 aliphatic heterocycles. The topological polar surface area (TPSA) is 101 Å². The lowest BCUT2D eigenvalue weighted by Crippen LogP contribution is -2.33. The first-order valence-electron chi connectivity index (χ1n) is 12.7. The molecule has 3 amide bonds. The molecule has 0 saturated carbocycles. The fourth-order valence-corrected chi connectivity index (χ4v) is 8.07. The summed E-state index contributed by atoms with van der Waals surface area (Å²) >= 11 is 1.77. The van der Waals surface area contributed by atoms with E-state index < -0.39 is 57.1 Å². The molecular weight excluding hydrogens is 589 g/mol. The highest BCUT2D eigenvalue weighted by molar-refractivity contribution is 8.00. The lowest BCUT2D eigenvalue weighted by atomic mass is 9.84. The number of hydrogen-bond acceptors (Lipinski definition) is 7. The normalized spacial score (nSPS) is 19.9. The quantitative estimate of drug-likeness (QED) is 0.317. The van der Waals surface area contributed by atoms with Gasteiger partial charge in [-0.3, -0.25) is 28.7 Å². The average molecular weight is 611 g/mol. The summed E-state index contributed by atoms with van der Waals surface area (Å²) in [5.74, 6) is -4.01. The van der Waals surface area contributed by atoms with Crippen molar-refractivity contribution in [2.24, 2.45) is 5.92 Å². The van der Waals surface area contributed by atoms with Crippen molar-refractivity contribution in [3.05, 3.63) is 104 Å². The van der Waals surface area contributed by atoms with Crippen molar-refractivity contribution in [3.8, 4) is 0 Å². The number of carbonyl (C=O) groups is 3. The second kappa shape index (κ2) is 10.6. The molecule has 8 nitrogen and oxygen atoms in total. The molecule has 0 bridgehead atoms. The minimum atomic E-state index is -4.80. The summed E-state index contributed by atoms with van der Waals surface area (Å²) in [7, 11) is 0. The van der Waals surface area contributed by atoms with Gasteiger partial charge < -0.3 is 5.32 Å². The van der Waals surface area contributed by atoms with E-state index in [0.717, 1.165) is 40.8 Å². The molecule has 2 aliphatic rings. The molecule has 2 aromatic carbocycles. The van der Waals surface area contributed by atoms with Crippen LogP contribution in [0.2, 0.25) is 0 Å². The van der Waals surface area contributed by atoms with Crippen LogP contribution in [0.3, 0.4) is 0 Å². The van der Waals surface area contributed by atoms with E-state index in [4.69, 9.17) is 0 Å². The number of aryl methyl sites for hydroxylation is 1. The van der Waals surface area contributed by atoms with Crippen molar-refractivity contribution >= 4 is 52.2 Å². The molecule has 0 spiro atoms. The number of fused-ring (bicyclic) bond motifs is 2. The molecule has 4 aromatic rings. The van der Waals surface area contributed by atoms with Gasteiger partial charge in [-0.25, -0.2) is 4.90 Å². The van der Waals surface area contributed by atoms with Gasteiger partial charge in [-0.2, -0.15) is 13.2 Å². The number of halogens is 3. The van der Waals surface area contributed by atoms with Crippen LogP contribution in [0, 0.1) is 12.8 Å². The number of rotatable bonds is 5. The third-order valence-electron chi connectivity index (χ3n) is 7.18. The molecule has 214 valence electrons. The zero-order chi connectivity index (χ0) is 29.8. The zero-order valence-corrected chi connectivity index (χ0v) is 23.4. The van der Waals surface area contributed by atoms with Gasteiger partial charge in [-0.15, -0.1) is 0 Å². The van der Waals surface area contributed by atoms with Gasteiger partial charge in [0.2, 0.25) is 17.7 Å². The molecule has 0 aliphatic carbocycles. The van der Waals surface area contributed by atoms with Crippen LogP contribution in [0.15, 0.2) is 82.9 Å². The number of thiazole rings is 1. The SMILES string of the molecule is Cc1ccc(NC(=O)Cn2c3c(sc2=O)[C@H](c2cccnc2)C2C(=O)N(c4ccccc4C(F)(F)F)C(=O)C2S3)cc1. The third kappa shape index (κ3) is 4.81. The Morgan fingerprint density at radius 2 is 1.74 bits per heavy atom. The predicted octanol–water partition coefficient (Wildman–Crippen LogP) is 5.07. The fourth-order valence-electron chi connectivity index (χ4n) is 5.30. The highest BCUT2D eigenvalue weighted by Crippen LogP contribution is 2.54. The average Bonchev–Trinajstić information content (AvgIpc) is 3.40. The van der Waals surface area contributed by atoms with E-state index >= 15 is 0 Å². The smallest absolute Gasteiger partial charge is 0.325 e. The van der Waals surface area contributed by atoms with E-state index in [1.165, 1.54) is 29.1 Å². The van der Waals surface area contributed by atoms with Gasteiger partial charge >= 0.3 is 11.0 Å². The monoisotopic (exact) mass is 610 g/mol. The van der Waals surface area contributed by atoms with Gasteiger partial charge in [0, 0.05) is 28.9 Å². The number of nitrogens with one attached hydrogen (secondary N) is 1. The second-order valence-corrected chi connectivity index (χ2v) is 12.0. The number of anilines is 2. The Balaban J connectivity index is 1.41. The standard InChI is InChI=1S/C29H21F3N4O4S2/c1-15-8-10-17(11-9-15)34-20(37)14-35-27-24(42-28(35)40)21(16-5-4-12-33-13-16)22-23(41-27)26(39)36(25(22)38)19-7-3-2-6-18(19)29(30,31)32/h2-13,21-23H,14H2,1H3,(H,34,37)/t21-,22?,23?/m1/s1. The number of benzene rings is 2. The summed E-state index contributed by atoms with van der Waals surface area (Å²) in [5.41, 5.74) is 0.426. The number of carbonyl (C=O) groups excluding carboxylic acids is 3. The molecule has 4 heterocycles. The first-order chi connectivity index (χ1) is 20.0. The lowest BCUT2D eigenvalue weighted by Gasteiger charge is -2.30. The summed E-state index contributed by atoms with van der Waals surface area (Å²) in [5, 5.41) is 1.94. The Morgan fingerprint density at radius 1 is 1.00 bits per heavy atom. The van der Waals surface area contributed by atoms with Gasteiger partial charge in [0.25, 0.3) is 0 Å². The summed E-state index contributed by atoms with van der Waals surface area (Å²) in [6.07, 6.45) is -1.77. The number of amides is 3. The maximum atomic E-state index is 13.9. The molecular formula is C29H21F3N4O4S2. The third-order valence-corrected chi connectivity index (χ3v) is 9.78. The van der Waals surface area contributed by atoms with E-state index in [1.807, 2.05) is 19.1 Å². The minimum absolute atomic E-state index is 0.325. The predicted molar refractivity (Wildman–Crippen MR) is 152 cm³/mol. The first-order valence-corrected chi connectivity index (χ1v) is 14.4. The second-order valence-electron chi connectivity index (χ2n) is 9.89. The Bertz CT molecular complexity index is 1770. The molecule has 1 fully saturated rings. The molecule has 0 radical (unpaired) electrons. The summed E-state index contributed by atoms with van der Waals surface area (Å²) < 4.78 is 42.9. The Hall–Kier alpha value is -4.23. The lowest BCUT2D eigenvalue weighted by molar-refractivity contribution is -0.137. The highest BCUT2D eigenvalue weighted by atomic mass is 32.2. The minimum Gasteiger partial charge on any atom is -0.325 e. The van der Waals surface area contributed by atoms with Crippen LogP contribution in [0.1, 0.15) is 27.5 Å². The Kier molecular flexibility index (Phi) is 7.01. The molecule has 3 atom stereocenters. The van der Waals surface area contributed by atoms with E-state index in [-0.39, 0.29) is 6.54 Å². The van der Waals surface area contributed by atoms with Crippen LogP contribution in [0.5, 0.6) is 0 Å². The number of nitrogens with zero attached hydrogens (tertiary/aromatic N) is 3. The largest absolute Gasteiger partial charge is 0.418 e. The van der Waals surface area contributed by atoms with Crippen LogP contribution >= 0.6 is 23.1 Å². The molecule has 13 heteroatoms. The summed E-state index contributed by atoms with van der Waals surface area (Å²) in [6, 6.07) is 14.9. The maximum Gasteiger partial charge on any atom is 0.418 e. The van der Waals surface area contributed by atoms with Crippen LogP contribution in [-0.4, -0.2) is 32.5 Å². The Labute approximate surface area is 245 Å². The van der Waals surface area contributed by atoms with Crippen LogP contribution in [0.4, 0.5) is 24.5 Å². The fraction of sp³-hybridized carbons (Fsp3) is 0.207. The van der Waals surface area contributed by atoms with Crippen molar-refractivity contribution in [2.75, 3.05) is 10.2 Å². The number of hydrogen-bond donors (Lipinski definition) is 1. The molecule has 1 N–H and O–H groups in total. The number of aromatic nitrogens is 2. The van der Waals surface area contributed by atoms with E-state index in [0.29, 0.717) is 26.1 Å². The van der Waals surface area contributed by atoms with Crippen molar-refractivity contribution < 1.29 is 27.6 Å². The molecule has 2 aromatic heterocycles. The van der Waals surface area contributed by atoms with Crippen molar-refractivity contribution in [2.45, 2.75) is 35.8 Å². The number of para-hydroxylation sites is 1. The van der Waals surface area contributed by atoms with Gasteiger partial charge in [0.1, 0.15) is 11.8 Å². The number of thioether (sulfide) groups is 1. The number of alkyl halides is 3. The van der Waals surface area contributed by atoms with Gasteiger partial charge in [0.15, 0.2) is 0 Å². The van der Waals surface area contributed by atoms with Gasteiger partial charge in [-0.1, -0.05) is 59.0 Å². The summed E-state index contributed by atoms with van der Waals surface area (Å²) in [6.45, 7) is 1.55. The number of pyridine rings is 1. The van der Waals surface area contributed by atoms with Crippen LogP contribution < -0.4 is 15.1 Å². The van der Waals surface area contributed by atoms with Crippen molar-refractivity contribution in [1.29, 1.82) is 0 Å².